The molecule has 1 heterocycles. The first kappa shape index (κ1) is 15.1. The van der Waals surface area contributed by atoms with Gasteiger partial charge < -0.3 is 15.6 Å². The number of amides is 2. The number of urea groups is 1. The first-order valence-corrected chi connectivity index (χ1v) is 7.00. The highest BCUT2D eigenvalue weighted by molar-refractivity contribution is 5.89. The van der Waals surface area contributed by atoms with E-state index in [9.17, 15) is 4.79 Å². The van der Waals surface area contributed by atoms with Crippen LogP contribution in [0.3, 0.4) is 0 Å². The first-order valence-electron chi connectivity index (χ1n) is 7.00. The fourth-order valence-corrected chi connectivity index (χ4v) is 1.88. The van der Waals surface area contributed by atoms with Crippen molar-refractivity contribution in [2.24, 2.45) is 5.41 Å². The molecule has 0 bridgehead atoms. The molecule has 2 aromatic rings. The summed E-state index contributed by atoms with van der Waals surface area (Å²) in [5.74, 6) is 0. The van der Waals surface area contributed by atoms with Gasteiger partial charge in [-0.25, -0.2) is 9.78 Å². The van der Waals surface area contributed by atoms with Crippen LogP contribution in [0, 0.1) is 12.3 Å². The molecule has 2 rings (SSSR count). The summed E-state index contributed by atoms with van der Waals surface area (Å²) in [6.45, 7) is 8.84. The van der Waals surface area contributed by atoms with Gasteiger partial charge >= 0.3 is 6.03 Å². The third-order valence-corrected chi connectivity index (χ3v) is 3.03. The van der Waals surface area contributed by atoms with Crippen LogP contribution < -0.4 is 10.6 Å². The second kappa shape index (κ2) is 5.99. The van der Waals surface area contributed by atoms with E-state index in [-0.39, 0.29) is 11.4 Å². The average Bonchev–Trinajstić information content (AvgIpc) is 2.83. The summed E-state index contributed by atoms with van der Waals surface area (Å²) in [6, 6.07) is 7.46. The minimum atomic E-state index is -0.186. The molecule has 0 aliphatic heterocycles. The molecule has 0 saturated carbocycles. The zero-order valence-corrected chi connectivity index (χ0v) is 12.9. The van der Waals surface area contributed by atoms with E-state index in [2.05, 4.69) is 41.4 Å². The molecule has 3 N–H and O–H groups in total. The number of aryl methyl sites for hydroxylation is 1. The normalized spacial score (nSPS) is 11.2. The van der Waals surface area contributed by atoms with E-state index in [4.69, 9.17) is 0 Å². The fourth-order valence-electron chi connectivity index (χ4n) is 1.88. The summed E-state index contributed by atoms with van der Waals surface area (Å²) in [6.07, 6.45) is 1.68. The standard InChI is InChI=1S/C16H22N4O/c1-11-14(19-10-18-11)12-5-7-13(8-6-12)20-15(21)17-9-16(2,3)4/h5-8,10H,9H2,1-4H3,(H,18,19)(H2,17,20,21). The number of anilines is 1. The molecule has 1 aromatic carbocycles. The van der Waals surface area contributed by atoms with E-state index in [1.165, 1.54) is 0 Å². The van der Waals surface area contributed by atoms with Gasteiger partial charge in [-0.1, -0.05) is 32.9 Å². The Morgan fingerprint density at radius 2 is 1.90 bits per heavy atom. The zero-order chi connectivity index (χ0) is 15.5. The smallest absolute Gasteiger partial charge is 0.319 e. The molecule has 0 aliphatic carbocycles. The van der Waals surface area contributed by atoms with Gasteiger partial charge in [-0.2, -0.15) is 0 Å². The Kier molecular flexibility index (Phi) is 4.31. The number of aromatic amines is 1. The topological polar surface area (TPSA) is 69.8 Å². The third-order valence-electron chi connectivity index (χ3n) is 3.03. The molecule has 0 aliphatic rings. The highest BCUT2D eigenvalue weighted by Gasteiger charge is 2.12. The van der Waals surface area contributed by atoms with Crippen molar-refractivity contribution < 1.29 is 4.79 Å². The van der Waals surface area contributed by atoms with Crippen LogP contribution >= 0.6 is 0 Å². The maximum atomic E-state index is 11.8. The number of aromatic nitrogens is 2. The predicted octanol–water partition coefficient (Wildman–Crippen LogP) is 3.55. The van der Waals surface area contributed by atoms with Crippen LogP contribution in [-0.2, 0) is 0 Å². The van der Waals surface area contributed by atoms with Crippen molar-refractivity contribution in [3.8, 4) is 11.3 Å². The second-order valence-corrected chi connectivity index (χ2v) is 6.32. The van der Waals surface area contributed by atoms with Gasteiger partial charge in [0.05, 0.1) is 12.0 Å². The van der Waals surface area contributed by atoms with Gasteiger partial charge in [0, 0.05) is 23.5 Å². The van der Waals surface area contributed by atoms with E-state index in [1.54, 1.807) is 6.33 Å². The third kappa shape index (κ3) is 4.34. The van der Waals surface area contributed by atoms with Gasteiger partial charge in [0.25, 0.3) is 0 Å². The zero-order valence-electron chi connectivity index (χ0n) is 12.9. The summed E-state index contributed by atoms with van der Waals surface area (Å²) >= 11 is 0. The van der Waals surface area contributed by atoms with Crippen molar-refractivity contribution in [1.82, 2.24) is 15.3 Å². The molecule has 0 fully saturated rings. The molecule has 112 valence electrons. The number of H-pyrrole nitrogens is 1. The lowest BCUT2D eigenvalue weighted by Gasteiger charge is -2.18. The van der Waals surface area contributed by atoms with Crippen LogP contribution in [0.2, 0.25) is 0 Å². The highest BCUT2D eigenvalue weighted by Crippen LogP contribution is 2.21. The monoisotopic (exact) mass is 286 g/mol. The molecular formula is C16H22N4O. The number of hydrogen-bond donors (Lipinski definition) is 3. The number of imidazole rings is 1. The Hall–Kier alpha value is -2.30. The fraction of sp³-hybridized carbons (Fsp3) is 0.375. The molecule has 0 spiro atoms. The maximum Gasteiger partial charge on any atom is 0.319 e. The Morgan fingerprint density at radius 3 is 2.43 bits per heavy atom. The van der Waals surface area contributed by atoms with Gasteiger partial charge in [-0.05, 0) is 24.5 Å². The SMILES string of the molecule is Cc1[nH]cnc1-c1ccc(NC(=O)NCC(C)(C)C)cc1. The van der Waals surface area contributed by atoms with Crippen LogP contribution in [0.5, 0.6) is 0 Å². The number of rotatable bonds is 3. The Balaban J connectivity index is 1.97. The van der Waals surface area contributed by atoms with Crippen molar-refractivity contribution in [1.29, 1.82) is 0 Å². The average molecular weight is 286 g/mol. The second-order valence-electron chi connectivity index (χ2n) is 6.32. The molecule has 0 atom stereocenters. The molecule has 0 radical (unpaired) electrons. The van der Waals surface area contributed by atoms with Gasteiger partial charge in [0.1, 0.15) is 0 Å². The number of carbonyl (C=O) groups is 1. The lowest BCUT2D eigenvalue weighted by Crippen LogP contribution is -2.35. The lowest BCUT2D eigenvalue weighted by atomic mass is 9.97. The van der Waals surface area contributed by atoms with Crippen molar-refractivity contribution >= 4 is 11.7 Å². The van der Waals surface area contributed by atoms with Crippen LogP contribution in [0.4, 0.5) is 10.5 Å². The summed E-state index contributed by atoms with van der Waals surface area (Å²) < 4.78 is 0. The first-order chi connectivity index (χ1) is 9.85. The summed E-state index contributed by atoms with van der Waals surface area (Å²) in [5.41, 5.74) is 3.81. The number of nitrogens with zero attached hydrogens (tertiary/aromatic N) is 1. The minimum absolute atomic E-state index is 0.0681. The largest absolute Gasteiger partial charge is 0.348 e. The molecule has 5 nitrogen and oxygen atoms in total. The predicted molar refractivity (Wildman–Crippen MR) is 85.2 cm³/mol. The highest BCUT2D eigenvalue weighted by atomic mass is 16.2. The van der Waals surface area contributed by atoms with E-state index in [0.717, 1.165) is 22.6 Å². The van der Waals surface area contributed by atoms with Gasteiger partial charge in [-0.15, -0.1) is 0 Å². The van der Waals surface area contributed by atoms with Crippen molar-refractivity contribution in [3.63, 3.8) is 0 Å². The molecule has 2 amide bonds. The number of hydrogen-bond acceptors (Lipinski definition) is 2. The number of carbonyl (C=O) groups excluding carboxylic acids is 1. The molecular weight excluding hydrogens is 264 g/mol. The van der Waals surface area contributed by atoms with Crippen LogP contribution in [0.25, 0.3) is 11.3 Å². The van der Waals surface area contributed by atoms with Crippen molar-refractivity contribution in [3.05, 3.63) is 36.3 Å². The van der Waals surface area contributed by atoms with E-state index >= 15 is 0 Å². The van der Waals surface area contributed by atoms with Crippen LogP contribution in [0.1, 0.15) is 26.5 Å². The van der Waals surface area contributed by atoms with Crippen LogP contribution in [0.15, 0.2) is 30.6 Å². The number of nitrogens with one attached hydrogen (secondary N) is 3. The minimum Gasteiger partial charge on any atom is -0.348 e. The molecule has 0 saturated heterocycles. The molecule has 0 unspecified atom stereocenters. The molecule has 21 heavy (non-hydrogen) atoms. The Labute approximate surface area is 125 Å². The Morgan fingerprint density at radius 1 is 1.24 bits per heavy atom. The quantitative estimate of drug-likeness (QED) is 0.807. The Bertz CT molecular complexity index is 608. The van der Waals surface area contributed by atoms with Crippen molar-refractivity contribution in [2.45, 2.75) is 27.7 Å². The summed E-state index contributed by atoms with van der Waals surface area (Å²) in [4.78, 5) is 19.1. The lowest BCUT2D eigenvalue weighted by molar-refractivity contribution is 0.247. The van der Waals surface area contributed by atoms with E-state index < -0.39 is 0 Å². The summed E-state index contributed by atoms with van der Waals surface area (Å²) in [5, 5.41) is 5.68. The molecule has 1 aromatic heterocycles. The molecule has 5 heteroatoms. The van der Waals surface area contributed by atoms with Gasteiger partial charge in [-0.3, -0.25) is 0 Å². The van der Waals surface area contributed by atoms with Gasteiger partial charge in [0.2, 0.25) is 0 Å². The van der Waals surface area contributed by atoms with E-state index in [1.807, 2.05) is 31.2 Å². The maximum absolute atomic E-state index is 11.8. The summed E-state index contributed by atoms with van der Waals surface area (Å²) in [7, 11) is 0. The van der Waals surface area contributed by atoms with Crippen LogP contribution in [-0.4, -0.2) is 22.5 Å². The van der Waals surface area contributed by atoms with Crippen molar-refractivity contribution in [2.75, 3.05) is 11.9 Å². The number of benzene rings is 1. The van der Waals surface area contributed by atoms with E-state index in [0.29, 0.717) is 6.54 Å². The van der Waals surface area contributed by atoms with Gasteiger partial charge in [0.15, 0.2) is 0 Å².